The fraction of sp³-hybridized carbons (Fsp3) is 0.217. The van der Waals surface area contributed by atoms with Crippen LogP contribution < -0.4 is 11.2 Å². The number of benzene rings is 1. The number of methoxy groups -OCH3 is 1. The molecule has 2 aromatic heterocycles. The van der Waals surface area contributed by atoms with Crippen LogP contribution in [0.25, 0.3) is 17.0 Å². The van der Waals surface area contributed by atoms with Gasteiger partial charge in [0, 0.05) is 49.7 Å². The van der Waals surface area contributed by atoms with Crippen LogP contribution in [0, 0.1) is 0 Å². The van der Waals surface area contributed by atoms with Crippen LogP contribution in [0.15, 0.2) is 71.8 Å². The molecule has 0 bridgehead atoms. The number of ether oxygens (including phenoxy) is 1. The summed E-state index contributed by atoms with van der Waals surface area (Å²) < 4.78 is 7.43. The number of aromatic nitrogens is 3. The van der Waals surface area contributed by atoms with E-state index in [-0.39, 0.29) is 11.7 Å². The molecule has 1 saturated heterocycles. The number of aryl methyl sites for hydroxylation is 1. The molecule has 164 valence electrons. The number of nitrogens with zero attached hydrogens (tertiary/aromatic N) is 5. The van der Waals surface area contributed by atoms with Crippen molar-refractivity contribution in [3.05, 3.63) is 72.4 Å². The van der Waals surface area contributed by atoms with E-state index in [1.165, 1.54) is 7.11 Å². The first kappa shape index (κ1) is 21.1. The van der Waals surface area contributed by atoms with E-state index >= 15 is 0 Å². The molecule has 1 amide bonds. The van der Waals surface area contributed by atoms with Crippen molar-refractivity contribution in [2.75, 3.05) is 13.7 Å². The summed E-state index contributed by atoms with van der Waals surface area (Å²) in [6.07, 6.45) is 6.45. The Balaban J connectivity index is 1.80. The zero-order chi connectivity index (χ0) is 22.5. The van der Waals surface area contributed by atoms with Crippen LogP contribution in [0.4, 0.5) is 5.69 Å². The first-order valence-electron chi connectivity index (χ1n) is 10.3. The second-order valence-corrected chi connectivity index (χ2v) is 7.33. The van der Waals surface area contributed by atoms with Crippen molar-refractivity contribution in [1.29, 1.82) is 0 Å². The van der Waals surface area contributed by atoms with Crippen molar-refractivity contribution < 1.29 is 9.53 Å². The van der Waals surface area contributed by atoms with E-state index in [0.717, 1.165) is 23.2 Å². The van der Waals surface area contributed by atoms with Crippen LogP contribution in [-0.4, -0.2) is 45.2 Å². The Labute approximate surface area is 186 Å². The monoisotopic (exact) mass is 431 g/mol. The molecule has 1 aliphatic rings. The maximum atomic E-state index is 12.3. The van der Waals surface area contributed by atoms with Crippen LogP contribution in [-0.2, 0) is 16.6 Å². The molecule has 9 heteroatoms. The average Bonchev–Trinajstić information content (AvgIpc) is 3.42. The molecule has 0 atom stereocenters. The molecule has 0 radical (unpaired) electrons. The molecule has 0 spiro atoms. The number of aliphatic imine (C=N–C) groups is 1. The Morgan fingerprint density at radius 2 is 2.03 bits per heavy atom. The SMILES string of the molecule is CO/C(C(N)=Nc1ccncc1)=C(/NN1CCCC1=O)c1cccc(-c2ccn(C)n2)c1. The predicted octanol–water partition coefficient (Wildman–Crippen LogP) is 2.61. The van der Waals surface area contributed by atoms with Crippen LogP contribution in [0.2, 0.25) is 0 Å². The highest BCUT2D eigenvalue weighted by molar-refractivity contribution is 6.03. The molecule has 3 N–H and O–H groups in total. The highest BCUT2D eigenvalue weighted by Crippen LogP contribution is 2.25. The maximum absolute atomic E-state index is 12.3. The lowest BCUT2D eigenvalue weighted by Gasteiger charge is -2.23. The van der Waals surface area contributed by atoms with Crippen LogP contribution >= 0.6 is 0 Å². The van der Waals surface area contributed by atoms with Gasteiger partial charge in [-0.15, -0.1) is 0 Å². The number of hydrazine groups is 1. The number of carbonyl (C=O) groups excluding carboxylic acids is 1. The van der Waals surface area contributed by atoms with Crippen LogP contribution in [0.5, 0.6) is 0 Å². The third kappa shape index (κ3) is 4.61. The minimum Gasteiger partial charge on any atom is -0.491 e. The number of nitrogens with one attached hydrogen (secondary N) is 1. The zero-order valence-corrected chi connectivity index (χ0v) is 18.0. The third-order valence-electron chi connectivity index (χ3n) is 5.06. The van der Waals surface area contributed by atoms with Gasteiger partial charge in [0.15, 0.2) is 11.6 Å². The Morgan fingerprint density at radius 3 is 2.69 bits per heavy atom. The second-order valence-electron chi connectivity index (χ2n) is 7.33. The van der Waals surface area contributed by atoms with Crippen molar-refractivity contribution in [3.63, 3.8) is 0 Å². The van der Waals surface area contributed by atoms with E-state index in [1.807, 2.05) is 43.6 Å². The Bertz CT molecular complexity index is 1170. The number of carbonyl (C=O) groups is 1. The van der Waals surface area contributed by atoms with E-state index in [0.29, 0.717) is 30.1 Å². The first-order chi connectivity index (χ1) is 15.5. The molecule has 0 aliphatic carbocycles. The van der Waals surface area contributed by atoms with Gasteiger partial charge in [-0.25, -0.2) is 4.99 Å². The van der Waals surface area contributed by atoms with Crippen molar-refractivity contribution >= 4 is 23.1 Å². The van der Waals surface area contributed by atoms with Gasteiger partial charge in [-0.1, -0.05) is 18.2 Å². The first-order valence-corrected chi connectivity index (χ1v) is 10.3. The lowest BCUT2D eigenvalue weighted by molar-refractivity contribution is -0.129. The number of pyridine rings is 1. The van der Waals surface area contributed by atoms with Gasteiger partial charge in [-0.05, 0) is 30.7 Å². The number of rotatable bonds is 7. The average molecular weight is 432 g/mol. The van der Waals surface area contributed by atoms with Gasteiger partial charge < -0.3 is 10.5 Å². The minimum atomic E-state index is 0.0171. The van der Waals surface area contributed by atoms with Crippen molar-refractivity contribution in [2.45, 2.75) is 12.8 Å². The summed E-state index contributed by atoms with van der Waals surface area (Å²) in [7, 11) is 3.40. The van der Waals surface area contributed by atoms with Crippen molar-refractivity contribution in [3.8, 4) is 11.3 Å². The van der Waals surface area contributed by atoms with E-state index in [9.17, 15) is 4.79 Å². The summed E-state index contributed by atoms with van der Waals surface area (Å²) in [4.78, 5) is 20.8. The molecule has 3 aromatic rings. The summed E-state index contributed by atoms with van der Waals surface area (Å²) in [6, 6.07) is 13.2. The van der Waals surface area contributed by atoms with Gasteiger partial charge in [-0.2, -0.15) is 5.10 Å². The van der Waals surface area contributed by atoms with Crippen LogP contribution in [0.1, 0.15) is 18.4 Å². The highest BCUT2D eigenvalue weighted by atomic mass is 16.5. The summed E-state index contributed by atoms with van der Waals surface area (Å²) >= 11 is 0. The number of nitrogens with two attached hydrogens (primary N) is 1. The normalized spacial score (nSPS) is 15.0. The zero-order valence-electron chi connectivity index (χ0n) is 18.0. The third-order valence-corrected chi connectivity index (χ3v) is 5.06. The van der Waals surface area contributed by atoms with E-state index in [2.05, 4.69) is 20.5 Å². The standard InChI is InChI=1S/C23H25N7O2/c1-29-14-10-19(27-29)16-5-3-6-17(15-16)21(28-30-13-4-7-20(30)31)22(32-2)23(24)26-18-8-11-25-12-9-18/h3,5-6,8-12,14-15,28H,4,7,13H2,1-2H3,(H2,24,25,26)/b22-21+. The van der Waals surface area contributed by atoms with Gasteiger partial charge in [0.25, 0.3) is 0 Å². The molecule has 1 aromatic carbocycles. The van der Waals surface area contributed by atoms with Gasteiger partial charge in [0.2, 0.25) is 5.91 Å². The van der Waals surface area contributed by atoms with Gasteiger partial charge in [0.05, 0.1) is 18.5 Å². The molecular weight excluding hydrogens is 406 g/mol. The summed E-state index contributed by atoms with van der Waals surface area (Å²) in [5.74, 6) is 0.527. The van der Waals surface area contributed by atoms with E-state index in [4.69, 9.17) is 10.5 Å². The largest absolute Gasteiger partial charge is 0.491 e. The lowest BCUT2D eigenvalue weighted by Crippen LogP contribution is -2.39. The summed E-state index contributed by atoms with van der Waals surface area (Å²) in [5, 5.41) is 6.07. The topological polar surface area (TPSA) is 111 Å². The second kappa shape index (κ2) is 9.34. The molecule has 0 saturated carbocycles. The molecule has 0 unspecified atom stereocenters. The Morgan fingerprint density at radius 1 is 1.22 bits per heavy atom. The van der Waals surface area contributed by atoms with Gasteiger partial charge >= 0.3 is 0 Å². The van der Waals surface area contributed by atoms with Crippen molar-refractivity contribution in [2.24, 2.45) is 17.8 Å². The highest BCUT2D eigenvalue weighted by Gasteiger charge is 2.24. The summed E-state index contributed by atoms with van der Waals surface area (Å²) in [6.45, 7) is 0.598. The molecule has 3 heterocycles. The predicted molar refractivity (Wildman–Crippen MR) is 122 cm³/mol. The van der Waals surface area contributed by atoms with E-state index in [1.54, 1.807) is 34.2 Å². The number of amidine groups is 1. The molecular formula is C23H25N7O2. The molecule has 1 aliphatic heterocycles. The van der Waals surface area contributed by atoms with Crippen molar-refractivity contribution in [1.82, 2.24) is 25.2 Å². The fourth-order valence-electron chi connectivity index (χ4n) is 3.49. The molecule has 32 heavy (non-hydrogen) atoms. The van der Waals surface area contributed by atoms with Crippen LogP contribution in [0.3, 0.4) is 0 Å². The Hall–Kier alpha value is -4.14. The lowest BCUT2D eigenvalue weighted by atomic mass is 10.0. The smallest absolute Gasteiger partial charge is 0.240 e. The maximum Gasteiger partial charge on any atom is 0.240 e. The number of amides is 1. The summed E-state index contributed by atoms with van der Waals surface area (Å²) in [5.41, 5.74) is 13.3. The quantitative estimate of drug-likeness (QED) is 0.338. The van der Waals surface area contributed by atoms with Gasteiger partial charge in [0.1, 0.15) is 5.70 Å². The number of hydrogen-bond donors (Lipinski definition) is 2. The van der Waals surface area contributed by atoms with Gasteiger partial charge in [-0.3, -0.25) is 24.9 Å². The fourth-order valence-corrected chi connectivity index (χ4v) is 3.49. The Kier molecular flexibility index (Phi) is 6.16. The molecule has 4 rings (SSSR count). The van der Waals surface area contributed by atoms with E-state index < -0.39 is 0 Å². The molecule has 1 fully saturated rings. The molecule has 9 nitrogen and oxygen atoms in total. The number of hydrogen-bond acceptors (Lipinski definition) is 6. The minimum absolute atomic E-state index is 0.0171.